The van der Waals surface area contributed by atoms with Crippen LogP contribution in [0.3, 0.4) is 0 Å². The van der Waals surface area contributed by atoms with Gasteiger partial charge < -0.3 is 0 Å². The van der Waals surface area contributed by atoms with Crippen molar-refractivity contribution in [3.05, 3.63) is 47.6 Å². The van der Waals surface area contributed by atoms with Crippen molar-refractivity contribution in [2.24, 2.45) is 0 Å². The van der Waals surface area contributed by atoms with Crippen LogP contribution in [-0.4, -0.2) is 0 Å². The maximum Gasteiger partial charge on any atom is -0.0392 e. The molecular weight excluding hydrogens is 144 g/mol. The fourth-order valence-electron chi connectivity index (χ4n) is 0.942. The molecule has 0 unspecified atom stereocenters. The van der Waals surface area contributed by atoms with Crippen LogP contribution in [0.5, 0.6) is 0 Å². The van der Waals surface area contributed by atoms with Gasteiger partial charge in [-0.15, -0.1) is 0 Å². The van der Waals surface area contributed by atoms with Crippen molar-refractivity contribution >= 4 is 0 Å². The molecule has 0 fully saturated rings. The molecule has 0 amide bonds. The lowest BCUT2D eigenvalue weighted by Gasteiger charge is -2.04. The quantitative estimate of drug-likeness (QED) is 0.549. The Kier molecular flexibility index (Phi) is 4.35. The zero-order valence-electron chi connectivity index (χ0n) is 8.57. The van der Waals surface area contributed by atoms with Gasteiger partial charge in [0.15, 0.2) is 0 Å². The van der Waals surface area contributed by atoms with Gasteiger partial charge in [-0.1, -0.05) is 30.9 Å². The molecule has 66 valence electrons. The van der Waals surface area contributed by atoms with E-state index in [-0.39, 0.29) is 0 Å². The summed E-state index contributed by atoms with van der Waals surface area (Å²) in [6.45, 7) is 15.8. The van der Waals surface area contributed by atoms with Crippen LogP contribution in [0.1, 0.15) is 27.7 Å². The van der Waals surface area contributed by atoms with Gasteiger partial charge in [-0.25, -0.2) is 0 Å². The summed E-state index contributed by atoms with van der Waals surface area (Å²) in [5, 5.41) is 0. The summed E-state index contributed by atoms with van der Waals surface area (Å²) in [5.41, 5.74) is 4.86. The molecule has 0 heterocycles. The Balaban J connectivity index is 4.82. The third-order valence-electron chi connectivity index (χ3n) is 1.95. The Hall–Kier alpha value is -1.04. The van der Waals surface area contributed by atoms with Gasteiger partial charge in [0.25, 0.3) is 0 Å². The highest BCUT2D eigenvalue weighted by atomic mass is 14.0. The Morgan fingerprint density at radius 1 is 1.08 bits per heavy atom. The molecule has 0 nitrogen and oxygen atoms in total. The lowest BCUT2D eigenvalue weighted by atomic mass is 10.0. The van der Waals surface area contributed by atoms with Gasteiger partial charge in [-0.3, -0.25) is 0 Å². The highest BCUT2D eigenvalue weighted by Crippen LogP contribution is 2.15. The van der Waals surface area contributed by atoms with Gasteiger partial charge in [0.1, 0.15) is 0 Å². The monoisotopic (exact) mass is 162 g/mol. The fraction of sp³-hybridized carbons (Fsp3) is 0.333. The molecule has 0 aliphatic heterocycles. The van der Waals surface area contributed by atoms with Crippen molar-refractivity contribution < 1.29 is 0 Å². The summed E-state index contributed by atoms with van der Waals surface area (Å²) in [5.74, 6) is 0. The Labute approximate surface area is 76.0 Å². The normalized spacial score (nSPS) is 13.8. The second-order valence-electron chi connectivity index (χ2n) is 3.19. The minimum atomic E-state index is 1.09. The van der Waals surface area contributed by atoms with Crippen molar-refractivity contribution in [2.75, 3.05) is 0 Å². The molecule has 0 N–H and O–H groups in total. The van der Waals surface area contributed by atoms with Crippen LogP contribution in [0.25, 0.3) is 0 Å². The molecule has 0 bridgehead atoms. The van der Waals surface area contributed by atoms with Gasteiger partial charge in [-0.05, 0) is 44.4 Å². The van der Waals surface area contributed by atoms with E-state index in [4.69, 9.17) is 0 Å². The first-order valence-electron chi connectivity index (χ1n) is 4.13. The fourth-order valence-corrected chi connectivity index (χ4v) is 0.942. The maximum absolute atomic E-state index is 3.84. The van der Waals surface area contributed by atoms with Crippen molar-refractivity contribution in [1.82, 2.24) is 0 Å². The number of allylic oxidation sites excluding steroid dienone is 6. The Morgan fingerprint density at radius 2 is 1.58 bits per heavy atom. The zero-order chi connectivity index (χ0) is 9.72. The predicted molar refractivity (Wildman–Crippen MR) is 57.1 cm³/mol. The first-order chi connectivity index (χ1) is 5.49. The summed E-state index contributed by atoms with van der Waals surface area (Å²) in [6.07, 6.45) is 3.97. The maximum atomic E-state index is 3.84. The van der Waals surface area contributed by atoms with Crippen LogP contribution in [0, 0.1) is 0 Å². The molecule has 12 heavy (non-hydrogen) atoms. The van der Waals surface area contributed by atoms with E-state index in [1.165, 1.54) is 16.7 Å². The van der Waals surface area contributed by atoms with Gasteiger partial charge >= 0.3 is 0 Å². The smallest absolute Gasteiger partial charge is 0.0392 e. The third-order valence-corrected chi connectivity index (χ3v) is 1.95. The summed E-state index contributed by atoms with van der Waals surface area (Å²) in [7, 11) is 0. The number of rotatable bonds is 3. The Bertz CT molecular complexity index is 249. The van der Waals surface area contributed by atoms with Crippen molar-refractivity contribution in [1.29, 1.82) is 0 Å². The molecule has 0 saturated heterocycles. The van der Waals surface area contributed by atoms with Crippen LogP contribution in [-0.2, 0) is 0 Å². The van der Waals surface area contributed by atoms with E-state index in [9.17, 15) is 0 Å². The molecule has 0 aromatic carbocycles. The Morgan fingerprint density at radius 3 is 1.92 bits per heavy atom. The van der Waals surface area contributed by atoms with Gasteiger partial charge in [0, 0.05) is 0 Å². The zero-order valence-corrected chi connectivity index (χ0v) is 8.57. The van der Waals surface area contributed by atoms with Gasteiger partial charge in [-0.2, -0.15) is 0 Å². The molecule has 0 radical (unpaired) electrons. The molecular formula is C12H18. The summed E-state index contributed by atoms with van der Waals surface area (Å²) >= 11 is 0. The summed E-state index contributed by atoms with van der Waals surface area (Å²) in [4.78, 5) is 0. The van der Waals surface area contributed by atoms with Crippen molar-refractivity contribution in [3.8, 4) is 0 Å². The highest BCUT2D eigenvalue weighted by Gasteiger charge is 1.95. The average molecular weight is 162 g/mol. The van der Waals surface area contributed by atoms with E-state index >= 15 is 0 Å². The molecule has 0 aliphatic carbocycles. The van der Waals surface area contributed by atoms with E-state index in [0.29, 0.717) is 0 Å². The lowest BCUT2D eigenvalue weighted by molar-refractivity contribution is 1.26. The molecule has 0 saturated carbocycles. The summed E-state index contributed by atoms with van der Waals surface area (Å²) < 4.78 is 0. The molecule has 0 atom stereocenters. The van der Waals surface area contributed by atoms with E-state index in [0.717, 1.165) is 5.57 Å². The van der Waals surface area contributed by atoms with E-state index in [1.807, 2.05) is 13.0 Å². The molecule has 0 aliphatic rings. The largest absolute Gasteiger partial charge is 0.0988 e. The number of hydrogen-bond acceptors (Lipinski definition) is 0. The van der Waals surface area contributed by atoms with E-state index < -0.39 is 0 Å². The van der Waals surface area contributed by atoms with E-state index in [1.54, 1.807) is 0 Å². The van der Waals surface area contributed by atoms with Crippen molar-refractivity contribution in [3.63, 3.8) is 0 Å². The first-order valence-corrected chi connectivity index (χ1v) is 4.13. The second-order valence-corrected chi connectivity index (χ2v) is 3.19. The van der Waals surface area contributed by atoms with Crippen LogP contribution >= 0.6 is 0 Å². The first kappa shape index (κ1) is 11.0. The second kappa shape index (κ2) is 4.76. The van der Waals surface area contributed by atoms with Gasteiger partial charge in [0.2, 0.25) is 0 Å². The highest BCUT2D eigenvalue weighted by molar-refractivity contribution is 5.38. The molecule has 0 aromatic rings. The SMILES string of the molecule is C=C/C(C)=C(C)\C(C)=C/C(=C)C. The molecule has 0 spiro atoms. The van der Waals surface area contributed by atoms with E-state index in [2.05, 4.69) is 40.0 Å². The minimum Gasteiger partial charge on any atom is -0.0988 e. The van der Waals surface area contributed by atoms with Crippen molar-refractivity contribution in [2.45, 2.75) is 27.7 Å². The predicted octanol–water partition coefficient (Wildman–Crippen LogP) is 4.03. The van der Waals surface area contributed by atoms with Gasteiger partial charge in [0.05, 0.1) is 0 Å². The minimum absolute atomic E-state index is 1.09. The molecule has 0 rings (SSSR count). The lowest BCUT2D eigenvalue weighted by Crippen LogP contribution is -1.84. The topological polar surface area (TPSA) is 0 Å². The third kappa shape index (κ3) is 3.38. The standard InChI is InChI=1S/C12H18/c1-7-10(4)12(6)11(5)8-9(2)3/h7-8H,1-2H2,3-6H3/b11-8-,12-10-. The number of hydrogen-bond donors (Lipinski definition) is 0. The van der Waals surface area contributed by atoms with Crippen LogP contribution in [0.15, 0.2) is 47.6 Å². The average Bonchev–Trinajstić information content (AvgIpc) is 2.00. The molecule has 0 aromatic heterocycles. The summed E-state index contributed by atoms with van der Waals surface area (Å²) in [6, 6.07) is 0. The van der Waals surface area contributed by atoms with Crippen LogP contribution in [0.4, 0.5) is 0 Å². The van der Waals surface area contributed by atoms with Crippen LogP contribution in [0.2, 0.25) is 0 Å². The van der Waals surface area contributed by atoms with Crippen LogP contribution < -0.4 is 0 Å². The molecule has 0 heteroatoms.